The molecule has 6 nitrogen and oxygen atoms in total. The summed E-state index contributed by atoms with van der Waals surface area (Å²) in [5.74, 6) is -0.518. The molecule has 100 valence electrons. The molecule has 1 heterocycles. The lowest BCUT2D eigenvalue weighted by Crippen LogP contribution is -2.08. The second-order valence-electron chi connectivity index (χ2n) is 3.70. The highest BCUT2D eigenvalue weighted by Gasteiger charge is 2.23. The Balaban J connectivity index is 2.23. The van der Waals surface area contributed by atoms with Crippen LogP contribution in [0.5, 0.6) is 0 Å². The number of esters is 1. The van der Waals surface area contributed by atoms with Gasteiger partial charge in [0.2, 0.25) is 5.82 Å². The molecule has 0 fully saturated rings. The van der Waals surface area contributed by atoms with E-state index >= 15 is 0 Å². The molecule has 2 rings (SSSR count). The number of benzene rings is 1. The molecule has 0 saturated heterocycles. The predicted molar refractivity (Wildman–Crippen MR) is 65.5 cm³/mol. The number of ether oxygens (including phenoxy) is 2. The van der Waals surface area contributed by atoms with Crippen LogP contribution >= 0.6 is 0 Å². The lowest BCUT2D eigenvalue weighted by atomic mass is 10.1. The van der Waals surface area contributed by atoms with Gasteiger partial charge in [-0.05, 0) is 12.5 Å². The van der Waals surface area contributed by atoms with Crippen LogP contribution in [0.1, 0.15) is 35.1 Å². The molecule has 2 aromatic rings. The number of nitrogens with zero attached hydrogens (tertiary/aromatic N) is 2. The summed E-state index contributed by atoms with van der Waals surface area (Å²) in [5, 5.41) is 3.76. The average molecular weight is 262 g/mol. The lowest BCUT2D eigenvalue weighted by Gasteiger charge is -2.10. The van der Waals surface area contributed by atoms with Crippen molar-refractivity contribution in [1.82, 2.24) is 10.1 Å². The second-order valence-corrected chi connectivity index (χ2v) is 3.70. The van der Waals surface area contributed by atoms with Crippen LogP contribution in [0.15, 0.2) is 34.9 Å². The molecule has 1 aromatic carbocycles. The number of rotatable bonds is 5. The maximum Gasteiger partial charge on any atom is 0.397 e. The highest BCUT2D eigenvalue weighted by atomic mass is 16.6. The van der Waals surface area contributed by atoms with Crippen molar-refractivity contribution < 1.29 is 18.8 Å². The van der Waals surface area contributed by atoms with Gasteiger partial charge in [-0.3, -0.25) is 0 Å². The quantitative estimate of drug-likeness (QED) is 0.767. The monoisotopic (exact) mass is 262 g/mol. The Morgan fingerprint density at radius 2 is 2.11 bits per heavy atom. The molecule has 0 aliphatic carbocycles. The van der Waals surface area contributed by atoms with Crippen LogP contribution in [0, 0.1) is 0 Å². The van der Waals surface area contributed by atoms with Crippen LogP contribution < -0.4 is 0 Å². The molecule has 0 radical (unpaired) electrons. The molecule has 0 aliphatic heterocycles. The summed E-state index contributed by atoms with van der Waals surface area (Å²) in [6, 6.07) is 9.43. The Morgan fingerprint density at radius 1 is 1.37 bits per heavy atom. The normalized spacial score (nSPS) is 12.1. The van der Waals surface area contributed by atoms with E-state index in [1.54, 1.807) is 6.92 Å². The van der Waals surface area contributed by atoms with Crippen molar-refractivity contribution in [3.63, 3.8) is 0 Å². The minimum absolute atomic E-state index is 0.171. The number of hydrogen-bond acceptors (Lipinski definition) is 6. The molecule has 0 amide bonds. The molecule has 1 atom stereocenters. The number of carbonyl (C=O) groups excluding carboxylic acids is 1. The third-order valence-corrected chi connectivity index (χ3v) is 2.46. The highest BCUT2D eigenvalue weighted by molar-refractivity contribution is 5.83. The van der Waals surface area contributed by atoms with Gasteiger partial charge in [0.15, 0.2) is 0 Å². The van der Waals surface area contributed by atoms with E-state index in [0.29, 0.717) is 0 Å². The van der Waals surface area contributed by atoms with Crippen molar-refractivity contribution in [3.8, 4) is 0 Å². The van der Waals surface area contributed by atoms with Gasteiger partial charge in [-0.1, -0.05) is 35.5 Å². The van der Waals surface area contributed by atoms with Gasteiger partial charge in [-0.25, -0.2) is 4.79 Å². The van der Waals surface area contributed by atoms with Gasteiger partial charge in [0.05, 0.1) is 6.61 Å². The molecule has 1 unspecified atom stereocenters. The summed E-state index contributed by atoms with van der Waals surface area (Å²) in [6.45, 7) is 1.96. The fraction of sp³-hybridized carbons (Fsp3) is 0.308. The van der Waals surface area contributed by atoms with Crippen molar-refractivity contribution >= 4 is 5.97 Å². The van der Waals surface area contributed by atoms with Crippen LogP contribution in [0.4, 0.5) is 0 Å². The van der Waals surface area contributed by atoms with E-state index in [2.05, 4.69) is 10.1 Å². The van der Waals surface area contributed by atoms with Crippen molar-refractivity contribution in [1.29, 1.82) is 0 Å². The molecule has 0 bridgehead atoms. The standard InChI is InChI=1S/C13H14N2O4/c1-3-18-13(16)12-14-11(15-19-12)10(17-2)9-7-5-4-6-8-9/h4-8,10H,3H2,1-2H3. The van der Waals surface area contributed by atoms with E-state index in [1.165, 1.54) is 7.11 Å². The van der Waals surface area contributed by atoms with Crippen LogP contribution in [-0.4, -0.2) is 29.8 Å². The number of methoxy groups -OCH3 is 1. The Labute approximate surface area is 110 Å². The first-order valence-electron chi connectivity index (χ1n) is 5.84. The molecule has 0 aliphatic rings. The molecular weight excluding hydrogens is 248 g/mol. The van der Waals surface area contributed by atoms with Crippen LogP contribution in [0.2, 0.25) is 0 Å². The van der Waals surface area contributed by atoms with Gasteiger partial charge in [0.1, 0.15) is 6.10 Å². The summed E-state index contributed by atoms with van der Waals surface area (Å²) in [7, 11) is 1.54. The van der Waals surface area contributed by atoms with Crippen LogP contribution in [0.25, 0.3) is 0 Å². The molecule has 0 saturated carbocycles. The van der Waals surface area contributed by atoms with Crippen molar-refractivity contribution in [2.24, 2.45) is 0 Å². The number of carbonyl (C=O) groups is 1. The first-order valence-corrected chi connectivity index (χ1v) is 5.84. The van der Waals surface area contributed by atoms with Gasteiger partial charge in [-0.2, -0.15) is 4.98 Å². The van der Waals surface area contributed by atoms with Gasteiger partial charge < -0.3 is 14.0 Å². The molecule has 1 aromatic heterocycles. The van der Waals surface area contributed by atoms with Crippen LogP contribution in [-0.2, 0) is 9.47 Å². The zero-order chi connectivity index (χ0) is 13.7. The van der Waals surface area contributed by atoms with Crippen molar-refractivity contribution in [2.75, 3.05) is 13.7 Å². The molecule has 6 heteroatoms. The predicted octanol–water partition coefficient (Wildman–Crippen LogP) is 1.98. The number of hydrogen-bond donors (Lipinski definition) is 0. The molecule has 0 spiro atoms. The summed E-state index contributed by atoms with van der Waals surface area (Å²) in [5.41, 5.74) is 0.876. The minimum atomic E-state index is -0.635. The fourth-order valence-corrected chi connectivity index (χ4v) is 1.64. The topological polar surface area (TPSA) is 74.5 Å². The van der Waals surface area contributed by atoms with Gasteiger partial charge in [-0.15, -0.1) is 0 Å². The summed E-state index contributed by atoms with van der Waals surface area (Å²) in [6.07, 6.45) is -0.479. The van der Waals surface area contributed by atoms with E-state index in [-0.39, 0.29) is 18.3 Å². The first kappa shape index (κ1) is 13.2. The highest BCUT2D eigenvalue weighted by Crippen LogP contribution is 2.22. The Kier molecular flexibility index (Phi) is 4.25. The maximum absolute atomic E-state index is 11.4. The van der Waals surface area contributed by atoms with E-state index in [4.69, 9.17) is 14.0 Å². The van der Waals surface area contributed by atoms with Gasteiger partial charge in [0, 0.05) is 7.11 Å². The summed E-state index contributed by atoms with van der Waals surface area (Å²) in [4.78, 5) is 15.4. The second kappa shape index (κ2) is 6.10. The van der Waals surface area contributed by atoms with E-state index in [1.807, 2.05) is 30.3 Å². The molecule has 0 N–H and O–H groups in total. The van der Waals surface area contributed by atoms with Crippen LogP contribution in [0.3, 0.4) is 0 Å². The largest absolute Gasteiger partial charge is 0.459 e. The maximum atomic E-state index is 11.4. The zero-order valence-corrected chi connectivity index (χ0v) is 10.7. The minimum Gasteiger partial charge on any atom is -0.459 e. The molecular formula is C13H14N2O4. The van der Waals surface area contributed by atoms with E-state index in [9.17, 15) is 4.79 Å². The molecule has 19 heavy (non-hydrogen) atoms. The number of aromatic nitrogens is 2. The smallest absolute Gasteiger partial charge is 0.397 e. The third-order valence-electron chi connectivity index (χ3n) is 2.46. The SMILES string of the molecule is CCOC(=O)c1nc(C(OC)c2ccccc2)no1. The van der Waals surface area contributed by atoms with Gasteiger partial charge >= 0.3 is 11.9 Å². The Hall–Kier alpha value is -2.21. The summed E-state index contributed by atoms with van der Waals surface area (Å²) >= 11 is 0. The van der Waals surface area contributed by atoms with Gasteiger partial charge in [0.25, 0.3) is 0 Å². The van der Waals surface area contributed by atoms with E-state index in [0.717, 1.165) is 5.56 Å². The lowest BCUT2D eigenvalue weighted by molar-refractivity contribution is 0.0470. The Bertz CT molecular complexity index is 539. The van der Waals surface area contributed by atoms with Crippen molar-refractivity contribution in [3.05, 3.63) is 47.6 Å². The fourth-order valence-electron chi connectivity index (χ4n) is 1.64. The first-order chi connectivity index (χ1) is 9.26. The Morgan fingerprint density at radius 3 is 2.74 bits per heavy atom. The third kappa shape index (κ3) is 2.97. The van der Waals surface area contributed by atoms with Crippen molar-refractivity contribution in [2.45, 2.75) is 13.0 Å². The van der Waals surface area contributed by atoms with E-state index < -0.39 is 12.1 Å². The summed E-state index contributed by atoms with van der Waals surface area (Å²) < 4.78 is 15.0. The zero-order valence-electron chi connectivity index (χ0n) is 10.7. The average Bonchev–Trinajstić information content (AvgIpc) is 2.91.